The van der Waals surface area contributed by atoms with E-state index in [1.807, 2.05) is 0 Å². The molecular weight excluding hydrogens is 223 g/mol. The number of alkyl halides is 3. The van der Waals surface area contributed by atoms with Crippen molar-refractivity contribution in [1.29, 1.82) is 0 Å². The Labute approximate surface area is 89.7 Å². The molecule has 6 heteroatoms. The quantitative estimate of drug-likeness (QED) is 0.824. The summed E-state index contributed by atoms with van der Waals surface area (Å²) in [4.78, 5) is 10.6. The van der Waals surface area contributed by atoms with E-state index in [0.717, 1.165) is 12.1 Å². The van der Waals surface area contributed by atoms with Crippen molar-refractivity contribution in [3.8, 4) is 0 Å². The predicted octanol–water partition coefficient (Wildman–Crippen LogP) is 2.42. The van der Waals surface area contributed by atoms with E-state index in [9.17, 15) is 18.0 Å². The molecule has 0 aliphatic carbocycles. The molecule has 3 N–H and O–H groups in total. The third-order valence-corrected chi connectivity index (χ3v) is 2.06. The number of carbonyl (C=O) groups is 1. The lowest BCUT2D eigenvalue weighted by atomic mass is 10.0. The predicted molar refractivity (Wildman–Crippen MR) is 51.0 cm³/mol. The van der Waals surface area contributed by atoms with Gasteiger partial charge in [0.1, 0.15) is 0 Å². The molecule has 3 nitrogen and oxygen atoms in total. The summed E-state index contributed by atoms with van der Waals surface area (Å²) in [5, 5.41) is 8.67. The lowest BCUT2D eigenvalue weighted by molar-refractivity contribution is -0.137. The Morgan fingerprint density at radius 2 is 1.94 bits per heavy atom. The third kappa shape index (κ3) is 2.73. The van der Waals surface area contributed by atoms with E-state index in [1.165, 1.54) is 6.92 Å². The van der Waals surface area contributed by atoms with Crippen LogP contribution >= 0.6 is 0 Å². The fourth-order valence-electron chi connectivity index (χ4n) is 1.20. The molecule has 0 saturated carbocycles. The van der Waals surface area contributed by atoms with Crippen LogP contribution in [0.25, 0.3) is 0 Å². The number of halogens is 3. The SMILES string of the molecule is CC(N)c1cc(C(=O)O)cc(C(F)(F)F)c1. The maximum Gasteiger partial charge on any atom is 0.416 e. The van der Waals surface area contributed by atoms with E-state index in [1.54, 1.807) is 0 Å². The van der Waals surface area contributed by atoms with Gasteiger partial charge in [0.05, 0.1) is 11.1 Å². The Morgan fingerprint density at radius 3 is 2.31 bits per heavy atom. The summed E-state index contributed by atoms with van der Waals surface area (Å²) in [6, 6.07) is 1.94. The smallest absolute Gasteiger partial charge is 0.416 e. The van der Waals surface area contributed by atoms with Crippen LogP contribution in [0.4, 0.5) is 13.2 Å². The van der Waals surface area contributed by atoms with Crippen LogP contribution < -0.4 is 5.73 Å². The first-order valence-electron chi connectivity index (χ1n) is 4.43. The zero-order valence-corrected chi connectivity index (χ0v) is 8.38. The van der Waals surface area contributed by atoms with E-state index in [4.69, 9.17) is 10.8 Å². The minimum Gasteiger partial charge on any atom is -0.478 e. The molecule has 0 saturated heterocycles. The molecule has 1 aromatic carbocycles. The Hall–Kier alpha value is -1.56. The summed E-state index contributed by atoms with van der Waals surface area (Å²) in [5.41, 5.74) is 4.17. The van der Waals surface area contributed by atoms with Crippen molar-refractivity contribution in [2.75, 3.05) is 0 Å². The molecule has 0 aliphatic heterocycles. The van der Waals surface area contributed by atoms with Crippen molar-refractivity contribution < 1.29 is 23.1 Å². The highest BCUT2D eigenvalue weighted by atomic mass is 19.4. The van der Waals surface area contributed by atoms with Crippen LogP contribution in [0.5, 0.6) is 0 Å². The third-order valence-electron chi connectivity index (χ3n) is 2.06. The van der Waals surface area contributed by atoms with Crippen LogP contribution in [0.15, 0.2) is 18.2 Å². The summed E-state index contributed by atoms with van der Waals surface area (Å²) in [7, 11) is 0. The van der Waals surface area contributed by atoms with Crippen molar-refractivity contribution in [2.24, 2.45) is 5.73 Å². The number of aromatic carboxylic acids is 1. The Kier molecular flexibility index (Phi) is 3.23. The van der Waals surface area contributed by atoms with Crippen molar-refractivity contribution in [3.63, 3.8) is 0 Å². The Morgan fingerprint density at radius 1 is 1.38 bits per heavy atom. The van der Waals surface area contributed by atoms with Gasteiger partial charge in [-0.3, -0.25) is 0 Å². The molecule has 1 rings (SSSR count). The van der Waals surface area contributed by atoms with E-state index < -0.39 is 29.3 Å². The zero-order valence-electron chi connectivity index (χ0n) is 8.38. The van der Waals surface area contributed by atoms with Gasteiger partial charge in [-0.2, -0.15) is 13.2 Å². The molecular formula is C10H10F3NO2. The van der Waals surface area contributed by atoms with Gasteiger partial charge in [-0.25, -0.2) is 4.79 Å². The molecule has 0 radical (unpaired) electrons. The highest BCUT2D eigenvalue weighted by Crippen LogP contribution is 2.31. The van der Waals surface area contributed by atoms with Gasteiger partial charge in [-0.1, -0.05) is 0 Å². The Bertz CT molecular complexity index is 413. The highest BCUT2D eigenvalue weighted by Gasteiger charge is 2.32. The number of benzene rings is 1. The molecule has 0 amide bonds. The number of hydrogen-bond acceptors (Lipinski definition) is 2. The number of carboxylic acids is 1. The monoisotopic (exact) mass is 233 g/mol. The number of rotatable bonds is 2. The highest BCUT2D eigenvalue weighted by molar-refractivity contribution is 5.88. The molecule has 0 bridgehead atoms. The van der Waals surface area contributed by atoms with Crippen molar-refractivity contribution >= 4 is 5.97 Å². The van der Waals surface area contributed by atoms with Gasteiger partial charge in [0.25, 0.3) is 0 Å². The first-order chi connectivity index (χ1) is 7.21. The summed E-state index contributed by atoms with van der Waals surface area (Å²) in [5.74, 6) is -1.41. The molecule has 0 spiro atoms. The van der Waals surface area contributed by atoms with E-state index >= 15 is 0 Å². The molecule has 0 heterocycles. The topological polar surface area (TPSA) is 63.3 Å². The second kappa shape index (κ2) is 4.13. The first-order valence-corrected chi connectivity index (χ1v) is 4.43. The molecule has 0 fully saturated rings. The van der Waals surface area contributed by atoms with Crippen LogP contribution in [0.1, 0.15) is 34.5 Å². The Balaban J connectivity index is 3.36. The summed E-state index contributed by atoms with van der Waals surface area (Å²) in [6.45, 7) is 1.49. The second-order valence-corrected chi connectivity index (χ2v) is 3.44. The van der Waals surface area contributed by atoms with Crippen LogP contribution in [0.2, 0.25) is 0 Å². The van der Waals surface area contributed by atoms with E-state index in [0.29, 0.717) is 6.07 Å². The van der Waals surface area contributed by atoms with Gasteiger partial charge in [0.2, 0.25) is 0 Å². The fraction of sp³-hybridized carbons (Fsp3) is 0.300. The number of nitrogens with two attached hydrogens (primary N) is 1. The van der Waals surface area contributed by atoms with Gasteiger partial charge < -0.3 is 10.8 Å². The van der Waals surface area contributed by atoms with Gasteiger partial charge in [-0.15, -0.1) is 0 Å². The number of carboxylic acid groups (broad SMARTS) is 1. The standard InChI is InChI=1S/C10H10F3NO2/c1-5(14)6-2-7(9(15)16)4-8(3-6)10(11,12)13/h2-5H,14H2,1H3,(H,15,16). The summed E-state index contributed by atoms with van der Waals surface area (Å²) >= 11 is 0. The van der Waals surface area contributed by atoms with Crippen LogP contribution in [0, 0.1) is 0 Å². The second-order valence-electron chi connectivity index (χ2n) is 3.44. The molecule has 16 heavy (non-hydrogen) atoms. The van der Waals surface area contributed by atoms with E-state index in [-0.39, 0.29) is 5.56 Å². The minimum absolute atomic E-state index is 0.146. The molecule has 0 aliphatic rings. The van der Waals surface area contributed by atoms with Crippen LogP contribution in [0.3, 0.4) is 0 Å². The summed E-state index contributed by atoms with van der Waals surface area (Å²) < 4.78 is 37.3. The average molecular weight is 233 g/mol. The molecule has 1 unspecified atom stereocenters. The average Bonchev–Trinajstić information content (AvgIpc) is 2.15. The number of hydrogen-bond donors (Lipinski definition) is 2. The maximum absolute atomic E-state index is 12.4. The van der Waals surface area contributed by atoms with Crippen molar-refractivity contribution in [2.45, 2.75) is 19.1 Å². The lowest BCUT2D eigenvalue weighted by Gasteiger charge is -2.12. The van der Waals surface area contributed by atoms with Crippen LogP contribution in [-0.2, 0) is 6.18 Å². The largest absolute Gasteiger partial charge is 0.478 e. The van der Waals surface area contributed by atoms with Crippen LogP contribution in [-0.4, -0.2) is 11.1 Å². The van der Waals surface area contributed by atoms with Gasteiger partial charge in [0, 0.05) is 6.04 Å². The zero-order chi connectivity index (χ0) is 12.5. The molecule has 88 valence electrons. The lowest BCUT2D eigenvalue weighted by Crippen LogP contribution is -2.12. The first kappa shape index (κ1) is 12.5. The van der Waals surface area contributed by atoms with Gasteiger partial charge in [0.15, 0.2) is 0 Å². The maximum atomic E-state index is 12.4. The fourth-order valence-corrected chi connectivity index (χ4v) is 1.20. The van der Waals surface area contributed by atoms with Crippen molar-refractivity contribution in [1.82, 2.24) is 0 Å². The molecule has 1 aromatic rings. The minimum atomic E-state index is -4.57. The summed E-state index contributed by atoms with van der Waals surface area (Å²) in [6.07, 6.45) is -4.57. The molecule has 1 atom stereocenters. The van der Waals surface area contributed by atoms with Gasteiger partial charge in [-0.05, 0) is 30.7 Å². The normalized spacial score (nSPS) is 13.6. The molecule has 0 aromatic heterocycles. The van der Waals surface area contributed by atoms with E-state index in [2.05, 4.69) is 0 Å². The van der Waals surface area contributed by atoms with Crippen molar-refractivity contribution in [3.05, 3.63) is 34.9 Å². The van der Waals surface area contributed by atoms with Gasteiger partial charge >= 0.3 is 12.1 Å².